The second-order valence-electron chi connectivity index (χ2n) is 6.09. The van der Waals surface area contributed by atoms with Crippen molar-refractivity contribution in [3.05, 3.63) is 35.9 Å². The van der Waals surface area contributed by atoms with Crippen LogP contribution >= 0.6 is 0 Å². The number of rotatable bonds is 7. The van der Waals surface area contributed by atoms with Crippen molar-refractivity contribution in [2.24, 2.45) is 0 Å². The van der Waals surface area contributed by atoms with E-state index in [9.17, 15) is 4.79 Å². The number of hydrogen-bond donors (Lipinski definition) is 0. The van der Waals surface area contributed by atoms with Gasteiger partial charge in [0.15, 0.2) is 6.10 Å². The van der Waals surface area contributed by atoms with Gasteiger partial charge in [0.05, 0.1) is 33.5 Å². The highest BCUT2D eigenvalue weighted by Gasteiger charge is 2.30. The van der Waals surface area contributed by atoms with Crippen LogP contribution in [0.3, 0.4) is 0 Å². The van der Waals surface area contributed by atoms with Crippen LogP contribution in [0.2, 0.25) is 0 Å². The van der Waals surface area contributed by atoms with Crippen LogP contribution < -0.4 is 0 Å². The fourth-order valence-electron chi connectivity index (χ4n) is 2.70. The molecule has 0 N–H and O–H groups in total. The summed E-state index contributed by atoms with van der Waals surface area (Å²) in [6.45, 7) is 6.56. The van der Waals surface area contributed by atoms with E-state index >= 15 is 0 Å². The molecule has 0 amide bonds. The number of hydrogen-bond acceptors (Lipinski definition) is 4. The zero-order valence-corrected chi connectivity index (χ0v) is 13.5. The van der Waals surface area contributed by atoms with Crippen molar-refractivity contribution >= 4 is 5.97 Å². The van der Waals surface area contributed by atoms with Crippen LogP contribution in [0.15, 0.2) is 30.3 Å². The minimum absolute atomic E-state index is 0.218. The molecule has 1 fully saturated rings. The van der Waals surface area contributed by atoms with Crippen molar-refractivity contribution in [2.75, 3.05) is 46.5 Å². The van der Waals surface area contributed by atoms with Crippen molar-refractivity contribution in [2.45, 2.75) is 19.6 Å². The molecule has 0 aromatic heterocycles. The summed E-state index contributed by atoms with van der Waals surface area (Å²) < 4.78 is 17.5. The van der Waals surface area contributed by atoms with Gasteiger partial charge < -0.3 is 18.7 Å². The number of morpholine rings is 1. The zero-order valence-electron chi connectivity index (χ0n) is 13.5. The Morgan fingerprint density at radius 1 is 1.27 bits per heavy atom. The fraction of sp³-hybridized carbons (Fsp3) is 0.588. The van der Waals surface area contributed by atoms with Gasteiger partial charge in [0, 0.05) is 6.92 Å². The van der Waals surface area contributed by atoms with E-state index in [2.05, 4.69) is 7.05 Å². The first kappa shape index (κ1) is 16.9. The molecule has 5 heteroatoms. The van der Waals surface area contributed by atoms with Gasteiger partial charge in [-0.1, -0.05) is 30.3 Å². The van der Waals surface area contributed by atoms with Crippen LogP contribution in [-0.4, -0.2) is 63.1 Å². The summed E-state index contributed by atoms with van der Waals surface area (Å²) in [5.74, 6) is -0.256. The molecule has 0 radical (unpaired) electrons. The quantitative estimate of drug-likeness (QED) is 0.567. The number of benzene rings is 1. The molecule has 2 rings (SSSR count). The first-order chi connectivity index (χ1) is 10.6. The summed E-state index contributed by atoms with van der Waals surface area (Å²) >= 11 is 0. The molecule has 0 bridgehead atoms. The van der Waals surface area contributed by atoms with E-state index in [1.807, 2.05) is 30.3 Å². The van der Waals surface area contributed by atoms with Crippen LogP contribution in [0.4, 0.5) is 0 Å². The molecule has 122 valence electrons. The summed E-state index contributed by atoms with van der Waals surface area (Å²) in [7, 11) is 2.18. The average molecular weight is 308 g/mol. The SMILES string of the molecule is CC(=O)O[C@@H](COCc1ccccc1)C[N+]1(C)CCOCC1. The second-order valence-corrected chi connectivity index (χ2v) is 6.09. The number of likely N-dealkylation sites (N-methyl/N-ethyl adjacent to an activating group) is 1. The van der Waals surface area contributed by atoms with Gasteiger partial charge in [-0.05, 0) is 5.56 Å². The summed E-state index contributed by atoms with van der Waals surface area (Å²) in [5.41, 5.74) is 1.12. The fourth-order valence-corrected chi connectivity index (χ4v) is 2.70. The maximum atomic E-state index is 11.3. The molecule has 1 aliphatic rings. The summed E-state index contributed by atoms with van der Waals surface area (Å²) in [5, 5.41) is 0. The van der Waals surface area contributed by atoms with E-state index < -0.39 is 0 Å². The van der Waals surface area contributed by atoms with Gasteiger partial charge in [0.2, 0.25) is 0 Å². The number of nitrogens with zero attached hydrogens (tertiary/aromatic N) is 1. The van der Waals surface area contributed by atoms with Crippen LogP contribution in [0.1, 0.15) is 12.5 Å². The third-order valence-electron chi connectivity index (χ3n) is 3.94. The maximum absolute atomic E-state index is 11.3. The maximum Gasteiger partial charge on any atom is 0.303 e. The van der Waals surface area contributed by atoms with E-state index in [1.54, 1.807) is 0 Å². The van der Waals surface area contributed by atoms with Gasteiger partial charge in [-0.15, -0.1) is 0 Å². The molecule has 1 atom stereocenters. The molecule has 1 aromatic rings. The lowest BCUT2D eigenvalue weighted by atomic mass is 10.2. The van der Waals surface area contributed by atoms with Crippen LogP contribution in [0.25, 0.3) is 0 Å². The van der Waals surface area contributed by atoms with Crippen molar-refractivity contribution in [3.8, 4) is 0 Å². The molecule has 1 heterocycles. The van der Waals surface area contributed by atoms with Crippen molar-refractivity contribution in [1.29, 1.82) is 0 Å². The monoisotopic (exact) mass is 308 g/mol. The van der Waals surface area contributed by atoms with E-state index in [4.69, 9.17) is 14.2 Å². The Labute approximate surface area is 132 Å². The minimum atomic E-state index is -0.256. The highest BCUT2D eigenvalue weighted by Crippen LogP contribution is 2.12. The highest BCUT2D eigenvalue weighted by atomic mass is 16.6. The Morgan fingerprint density at radius 2 is 1.95 bits per heavy atom. The first-order valence-electron chi connectivity index (χ1n) is 7.78. The van der Waals surface area contributed by atoms with Gasteiger partial charge in [-0.3, -0.25) is 4.79 Å². The molecular formula is C17H26NO4+. The molecule has 1 aromatic carbocycles. The molecule has 0 spiro atoms. The minimum Gasteiger partial charge on any atom is -0.454 e. The van der Waals surface area contributed by atoms with Crippen LogP contribution in [0, 0.1) is 0 Å². The summed E-state index contributed by atoms with van der Waals surface area (Å²) in [4.78, 5) is 11.3. The first-order valence-corrected chi connectivity index (χ1v) is 7.78. The lowest BCUT2D eigenvalue weighted by Gasteiger charge is -2.39. The normalized spacial score (nSPS) is 18.6. The van der Waals surface area contributed by atoms with Gasteiger partial charge in [-0.25, -0.2) is 0 Å². The van der Waals surface area contributed by atoms with E-state index in [0.717, 1.165) is 42.9 Å². The topological polar surface area (TPSA) is 44.8 Å². The molecule has 0 aliphatic carbocycles. The molecule has 0 unspecified atom stereocenters. The van der Waals surface area contributed by atoms with Crippen LogP contribution in [0.5, 0.6) is 0 Å². The molecule has 1 aliphatic heterocycles. The van der Waals surface area contributed by atoms with Gasteiger partial charge in [-0.2, -0.15) is 0 Å². The van der Waals surface area contributed by atoms with Crippen LogP contribution in [-0.2, 0) is 25.6 Å². The Balaban J connectivity index is 1.84. The number of ether oxygens (including phenoxy) is 3. The predicted molar refractivity (Wildman–Crippen MR) is 83.3 cm³/mol. The largest absolute Gasteiger partial charge is 0.454 e. The van der Waals surface area contributed by atoms with Gasteiger partial charge in [0.1, 0.15) is 19.6 Å². The summed E-state index contributed by atoms with van der Waals surface area (Å²) in [6.07, 6.45) is -0.218. The van der Waals surface area contributed by atoms with Crippen molar-refractivity contribution < 1.29 is 23.5 Å². The molecule has 0 saturated carbocycles. The lowest BCUT2D eigenvalue weighted by molar-refractivity contribution is -0.919. The highest BCUT2D eigenvalue weighted by molar-refractivity contribution is 5.66. The number of carbonyl (C=O) groups is 1. The standard InChI is InChI=1S/C17H26NO4/c1-15(19)22-17(12-18(2)8-10-20-11-9-18)14-21-13-16-6-4-3-5-7-16/h3-7,17H,8-14H2,1-2H3/q+1/t17-/m1/s1. The zero-order chi connectivity index (χ0) is 15.8. The van der Waals surface area contributed by atoms with Crippen molar-refractivity contribution in [1.82, 2.24) is 0 Å². The second kappa shape index (κ2) is 8.27. The lowest BCUT2D eigenvalue weighted by Crippen LogP contribution is -2.56. The third kappa shape index (κ3) is 5.75. The van der Waals surface area contributed by atoms with Crippen molar-refractivity contribution in [3.63, 3.8) is 0 Å². The average Bonchev–Trinajstić information content (AvgIpc) is 2.48. The summed E-state index contributed by atoms with van der Waals surface area (Å²) in [6, 6.07) is 10.0. The molecule has 22 heavy (non-hydrogen) atoms. The van der Waals surface area contributed by atoms with E-state index in [1.165, 1.54) is 6.92 Å². The smallest absolute Gasteiger partial charge is 0.303 e. The third-order valence-corrected chi connectivity index (χ3v) is 3.94. The predicted octanol–water partition coefficient (Wildman–Crippen LogP) is 1.61. The Morgan fingerprint density at radius 3 is 2.59 bits per heavy atom. The van der Waals surface area contributed by atoms with E-state index in [-0.39, 0.29) is 12.1 Å². The van der Waals surface area contributed by atoms with Gasteiger partial charge >= 0.3 is 5.97 Å². The Hall–Kier alpha value is -1.43. The number of carbonyl (C=O) groups excluding carboxylic acids is 1. The Kier molecular flexibility index (Phi) is 6.36. The molecule has 1 saturated heterocycles. The number of esters is 1. The molecule has 5 nitrogen and oxygen atoms in total. The number of quaternary nitrogens is 1. The molecular weight excluding hydrogens is 282 g/mol. The Bertz CT molecular complexity index is 457. The van der Waals surface area contributed by atoms with Gasteiger partial charge in [0.25, 0.3) is 0 Å². The van der Waals surface area contributed by atoms with E-state index in [0.29, 0.717) is 13.2 Å².